The van der Waals surface area contributed by atoms with E-state index in [1.165, 1.54) is 78.9 Å². The minimum Gasteiger partial charge on any atom is -0.444 e. The molecule has 0 radical (unpaired) electrons. The van der Waals surface area contributed by atoms with E-state index in [-0.39, 0.29) is 42.4 Å². The average Bonchev–Trinajstić information content (AvgIpc) is 3.88. The number of nitrogens with zero attached hydrogens (tertiary/aromatic N) is 6. The van der Waals surface area contributed by atoms with Gasteiger partial charge in [-0.1, -0.05) is 23.2 Å². The first-order chi connectivity index (χ1) is 33.8. The first-order valence-electron chi connectivity index (χ1n) is 23.4. The van der Waals surface area contributed by atoms with Gasteiger partial charge in [0.1, 0.15) is 34.3 Å². The number of aromatic nitrogens is 4. The Bertz CT molecular complexity index is 2580. The average molecular weight is 1070 g/mol. The molecule has 0 bridgehead atoms. The Balaban J connectivity index is 0.000000271. The zero-order chi connectivity index (χ0) is 53.3. The third-order valence-electron chi connectivity index (χ3n) is 11.5. The largest absolute Gasteiger partial charge is 0.444 e. The van der Waals surface area contributed by atoms with Crippen LogP contribution in [-0.4, -0.2) is 136 Å². The second kappa shape index (κ2) is 24.9. The van der Waals surface area contributed by atoms with Gasteiger partial charge >= 0.3 is 22.4 Å². The van der Waals surface area contributed by atoms with Crippen molar-refractivity contribution in [2.75, 3.05) is 78.5 Å². The highest BCUT2D eigenvalue weighted by Gasteiger charge is 2.37. The fourth-order valence-corrected chi connectivity index (χ4v) is 9.65. The van der Waals surface area contributed by atoms with Gasteiger partial charge in [-0.05, 0) is 115 Å². The number of methoxy groups -OCH3 is 4. The predicted molar refractivity (Wildman–Crippen MR) is 270 cm³/mol. The normalized spacial score (nSPS) is 16.8. The minimum atomic E-state index is -4.12. The molecule has 400 valence electrons. The molecule has 2 atom stereocenters. The summed E-state index contributed by atoms with van der Waals surface area (Å²) in [5.41, 5.74) is 1.93. The molecule has 4 heterocycles. The second-order valence-corrected chi connectivity index (χ2v) is 22.3. The van der Waals surface area contributed by atoms with Gasteiger partial charge in [0.25, 0.3) is 0 Å². The Hall–Kier alpha value is -4.81. The van der Waals surface area contributed by atoms with Gasteiger partial charge in [0.2, 0.25) is 6.29 Å². The van der Waals surface area contributed by atoms with Gasteiger partial charge in [0, 0.05) is 115 Å². The van der Waals surface area contributed by atoms with Crippen LogP contribution in [0.15, 0.2) is 36.4 Å². The molecule has 72 heavy (non-hydrogen) atoms. The van der Waals surface area contributed by atoms with Crippen molar-refractivity contribution in [2.45, 2.75) is 116 Å². The molecule has 0 aliphatic carbocycles. The summed E-state index contributed by atoms with van der Waals surface area (Å²) in [4.78, 5) is 28.7. The fraction of sp³-hybridized carbons (Fsp3) is 0.583. The van der Waals surface area contributed by atoms with Gasteiger partial charge < -0.3 is 48.9 Å². The lowest BCUT2D eigenvalue weighted by molar-refractivity contribution is -0.109. The summed E-state index contributed by atoms with van der Waals surface area (Å²) in [6.07, 6.45) is 0.715. The molecule has 2 aromatic heterocycles. The summed E-state index contributed by atoms with van der Waals surface area (Å²) in [7, 11) is 4.58. The first kappa shape index (κ1) is 58.1. The molecule has 2 fully saturated rings. The van der Waals surface area contributed by atoms with Crippen molar-refractivity contribution >= 4 is 57.2 Å². The molecule has 2 aromatic carbocycles. The molecule has 2 aliphatic rings. The molecule has 2 amide bonds. The summed E-state index contributed by atoms with van der Waals surface area (Å²) in [6.45, 7) is 12.9. The number of hydrogen-bond donors (Lipinski definition) is 3. The van der Waals surface area contributed by atoms with Crippen LogP contribution in [0.3, 0.4) is 0 Å². The van der Waals surface area contributed by atoms with Crippen molar-refractivity contribution in [3.63, 3.8) is 0 Å². The Morgan fingerprint density at radius 1 is 0.764 bits per heavy atom. The van der Waals surface area contributed by atoms with E-state index in [0.29, 0.717) is 70.6 Å². The number of hydrogen-bond acceptors (Lipinski definition) is 14. The van der Waals surface area contributed by atoms with Crippen LogP contribution >= 0.6 is 23.2 Å². The van der Waals surface area contributed by atoms with E-state index in [0.717, 1.165) is 33.3 Å². The van der Waals surface area contributed by atoms with Crippen molar-refractivity contribution in [3.05, 3.63) is 91.7 Å². The van der Waals surface area contributed by atoms with E-state index >= 15 is 0 Å². The number of H-pyrrole nitrogens is 1. The number of carbonyl (C=O) groups excluding carboxylic acids is 2. The SMILES string of the molecule is COC(OC)c1[nH]nc(N2CCC[C@@H](NC(=O)OC(C)(C)C)C2)c1Cc1cc(F)ccc1Cl.COC(OC)c1nn(S(=O)(=O)N(C)C)c(N2CCC[C@@H](NC(=O)OC(C)(C)C)C2)c1Cc1cc(F)ccc1Cl. The molecule has 0 unspecified atom stereocenters. The molecular formula is C48H69Cl2F2N9O10S. The van der Waals surface area contributed by atoms with E-state index < -0.39 is 52.0 Å². The van der Waals surface area contributed by atoms with E-state index in [4.69, 9.17) is 51.6 Å². The second-order valence-electron chi connectivity index (χ2n) is 19.6. The van der Waals surface area contributed by atoms with Gasteiger partial charge in [-0.15, -0.1) is 4.09 Å². The smallest absolute Gasteiger partial charge is 0.407 e. The Labute approximate surface area is 431 Å². The summed E-state index contributed by atoms with van der Waals surface area (Å²) >= 11 is 12.8. The van der Waals surface area contributed by atoms with Crippen LogP contribution in [0.2, 0.25) is 10.0 Å². The highest BCUT2D eigenvalue weighted by atomic mass is 35.5. The summed E-state index contributed by atoms with van der Waals surface area (Å²) in [5, 5.41) is 18.6. The van der Waals surface area contributed by atoms with Crippen molar-refractivity contribution in [1.29, 1.82) is 0 Å². The number of piperidine rings is 2. The van der Waals surface area contributed by atoms with Crippen molar-refractivity contribution in [2.24, 2.45) is 0 Å². The quantitative estimate of drug-likeness (QED) is 0.0904. The summed E-state index contributed by atoms with van der Waals surface area (Å²) in [5.74, 6) is 0.102. The molecule has 24 heteroatoms. The number of nitrogens with one attached hydrogen (secondary N) is 3. The zero-order valence-corrected chi connectivity index (χ0v) is 45.4. The lowest BCUT2D eigenvalue weighted by Crippen LogP contribution is -2.50. The number of rotatable bonds is 16. The molecule has 0 saturated carbocycles. The molecule has 2 saturated heterocycles. The molecule has 2 aliphatic heterocycles. The number of benzene rings is 2. The van der Waals surface area contributed by atoms with Crippen molar-refractivity contribution < 1.29 is 55.2 Å². The highest BCUT2D eigenvalue weighted by Crippen LogP contribution is 2.37. The third-order valence-corrected chi connectivity index (χ3v) is 13.8. The van der Waals surface area contributed by atoms with Crippen molar-refractivity contribution in [1.82, 2.24) is 34.3 Å². The number of aromatic amines is 1. The Kier molecular flexibility index (Phi) is 20.1. The summed E-state index contributed by atoms with van der Waals surface area (Å²) < 4.78 is 89.7. The maximum absolute atomic E-state index is 14.2. The van der Waals surface area contributed by atoms with Crippen LogP contribution in [0.4, 0.5) is 30.0 Å². The number of alkyl carbamates (subject to hydrolysis) is 2. The monoisotopic (exact) mass is 1070 g/mol. The van der Waals surface area contributed by atoms with Gasteiger partial charge in [-0.3, -0.25) is 5.10 Å². The minimum absolute atomic E-state index is 0.0497. The maximum atomic E-state index is 14.2. The lowest BCUT2D eigenvalue weighted by Gasteiger charge is -2.35. The number of ether oxygens (including phenoxy) is 6. The van der Waals surface area contributed by atoms with Gasteiger partial charge in [-0.2, -0.15) is 22.9 Å². The maximum Gasteiger partial charge on any atom is 0.407 e. The molecule has 6 rings (SSSR count). The van der Waals surface area contributed by atoms with Crippen LogP contribution in [0, 0.1) is 11.6 Å². The van der Waals surface area contributed by atoms with E-state index in [1.807, 2.05) is 25.7 Å². The van der Waals surface area contributed by atoms with Crippen LogP contribution < -0.4 is 20.4 Å². The van der Waals surface area contributed by atoms with Crippen LogP contribution in [-0.2, 0) is 51.5 Å². The van der Waals surface area contributed by atoms with Crippen LogP contribution in [0.25, 0.3) is 0 Å². The number of anilines is 2. The molecule has 0 spiro atoms. The van der Waals surface area contributed by atoms with Gasteiger partial charge in [0.05, 0.1) is 5.69 Å². The lowest BCUT2D eigenvalue weighted by atomic mass is 10.0. The van der Waals surface area contributed by atoms with Crippen molar-refractivity contribution in [3.8, 4) is 0 Å². The number of carbonyl (C=O) groups is 2. The number of halogens is 4. The third kappa shape index (κ3) is 15.4. The van der Waals surface area contributed by atoms with Gasteiger partial charge in [0.15, 0.2) is 12.1 Å². The van der Waals surface area contributed by atoms with E-state index in [1.54, 1.807) is 20.8 Å². The predicted octanol–water partition coefficient (Wildman–Crippen LogP) is 8.28. The van der Waals surface area contributed by atoms with Crippen LogP contribution in [0.1, 0.15) is 113 Å². The Morgan fingerprint density at radius 3 is 1.68 bits per heavy atom. The van der Waals surface area contributed by atoms with E-state index in [2.05, 4.69) is 30.8 Å². The first-order valence-corrected chi connectivity index (χ1v) is 25.5. The topological polar surface area (TPSA) is 204 Å². The fourth-order valence-electron chi connectivity index (χ4n) is 8.33. The van der Waals surface area contributed by atoms with E-state index in [9.17, 15) is 26.8 Å². The van der Waals surface area contributed by atoms with Gasteiger partial charge in [-0.25, -0.2) is 18.4 Å². The van der Waals surface area contributed by atoms with Crippen LogP contribution in [0.5, 0.6) is 0 Å². The molecule has 3 N–H and O–H groups in total. The molecule has 19 nitrogen and oxygen atoms in total. The molecular weight excluding hydrogens is 1000 g/mol. The zero-order valence-electron chi connectivity index (χ0n) is 43.0. The highest BCUT2D eigenvalue weighted by molar-refractivity contribution is 7.87. The number of amides is 2. The Morgan fingerprint density at radius 2 is 1.22 bits per heavy atom. The summed E-state index contributed by atoms with van der Waals surface area (Å²) in [6, 6.07) is 7.85. The molecule has 4 aromatic rings. The standard InChI is InChI=1S/C25H37ClFN5O6S.C23H32ClFN4O4/c1-25(2,3)38-24(33)28-18-9-8-12-31(15-18)22-19(14-16-13-17(27)10-11-20(16)26)21(23(36-6)37-7)29-32(22)39(34,35)30(4)5;1-23(2,3)33-22(30)26-16-7-6-10-29(13-16)20-17(19(27-28-20)21(31-4)32-5)12-14-11-15(25)8-9-18(14)24/h10-11,13,18,23H,8-9,12,14-15H2,1-7H3,(H,28,33);8-9,11,16,21H,6-7,10,12-13H2,1-5H3,(H,26,30)(H,27,28)/t18-;16-/m11/s1.